The molecule has 138 valence electrons. The first-order chi connectivity index (χ1) is 11.2. The normalized spacial score (nSPS) is 26.1. The molecule has 1 saturated heterocycles. The van der Waals surface area contributed by atoms with Crippen molar-refractivity contribution in [2.24, 2.45) is 5.92 Å². The van der Waals surface area contributed by atoms with Crippen LogP contribution in [0.4, 0.5) is 4.79 Å². The van der Waals surface area contributed by atoms with Crippen molar-refractivity contribution in [1.82, 2.24) is 15.1 Å². The van der Waals surface area contributed by atoms with Crippen molar-refractivity contribution in [3.8, 4) is 0 Å². The molecule has 1 saturated carbocycles. The lowest BCUT2D eigenvalue weighted by Gasteiger charge is -2.24. The maximum absolute atomic E-state index is 11.9. The van der Waals surface area contributed by atoms with Gasteiger partial charge in [0.25, 0.3) is 0 Å². The third-order valence-electron chi connectivity index (χ3n) is 4.81. The molecule has 0 aromatic heterocycles. The lowest BCUT2D eigenvalue weighted by atomic mass is 10.1. The topological polar surface area (TPSA) is 61.9 Å². The van der Waals surface area contributed by atoms with Gasteiger partial charge in [-0.2, -0.15) is 0 Å². The predicted molar refractivity (Wildman–Crippen MR) is 93.8 cm³/mol. The van der Waals surface area contributed by atoms with Crippen LogP contribution in [-0.4, -0.2) is 66.2 Å². The molecule has 1 aliphatic heterocycles. The third kappa shape index (κ3) is 6.30. The van der Waals surface area contributed by atoms with E-state index in [1.807, 2.05) is 25.7 Å². The number of nitrogens with zero attached hydrogens (tertiary/aromatic N) is 2. The van der Waals surface area contributed by atoms with Crippen LogP contribution in [0.1, 0.15) is 53.4 Å². The molecule has 2 fully saturated rings. The van der Waals surface area contributed by atoms with Crippen LogP contribution in [0, 0.1) is 5.92 Å². The molecule has 2 atom stereocenters. The highest BCUT2D eigenvalue weighted by Gasteiger charge is 2.29. The largest absolute Gasteiger partial charge is 0.444 e. The van der Waals surface area contributed by atoms with Gasteiger partial charge in [0.05, 0.1) is 0 Å². The summed E-state index contributed by atoms with van der Waals surface area (Å²) in [5, 5.41) is 3.00. The number of hydrogen-bond donors (Lipinski definition) is 1. The predicted octanol–water partition coefficient (Wildman–Crippen LogP) is 2.23. The molecule has 0 unspecified atom stereocenters. The van der Waals surface area contributed by atoms with Gasteiger partial charge < -0.3 is 19.9 Å². The highest BCUT2D eigenvalue weighted by Crippen LogP contribution is 2.27. The minimum atomic E-state index is -0.448. The highest BCUT2D eigenvalue weighted by atomic mass is 16.6. The second kappa shape index (κ2) is 8.19. The second-order valence-electron chi connectivity index (χ2n) is 8.18. The molecule has 24 heavy (non-hydrogen) atoms. The lowest BCUT2D eigenvalue weighted by Crippen LogP contribution is -2.38. The zero-order valence-corrected chi connectivity index (χ0v) is 15.6. The van der Waals surface area contributed by atoms with E-state index in [1.54, 1.807) is 6.92 Å². The van der Waals surface area contributed by atoms with E-state index in [9.17, 15) is 9.59 Å². The van der Waals surface area contributed by atoms with Crippen molar-refractivity contribution in [3.05, 3.63) is 0 Å². The number of carbonyl (C=O) groups is 2. The Bertz CT molecular complexity index is 447. The Hall–Kier alpha value is -1.30. The van der Waals surface area contributed by atoms with Gasteiger partial charge in [0.15, 0.2) is 0 Å². The number of carbonyl (C=O) groups excluding carboxylic acids is 2. The summed E-state index contributed by atoms with van der Waals surface area (Å²) in [6.45, 7) is 12.1. The molecular formula is C18H33N3O3. The number of amides is 2. The maximum Gasteiger partial charge on any atom is 0.407 e. The van der Waals surface area contributed by atoms with E-state index in [1.165, 1.54) is 0 Å². The number of ether oxygens (including phenoxy) is 1. The van der Waals surface area contributed by atoms with E-state index in [0.29, 0.717) is 5.92 Å². The summed E-state index contributed by atoms with van der Waals surface area (Å²) in [5.74, 6) is 0.799. The quantitative estimate of drug-likeness (QED) is 0.856. The monoisotopic (exact) mass is 339 g/mol. The summed E-state index contributed by atoms with van der Waals surface area (Å²) in [4.78, 5) is 27.8. The fourth-order valence-electron chi connectivity index (χ4n) is 3.68. The molecule has 6 nitrogen and oxygen atoms in total. The molecule has 0 spiro atoms. The van der Waals surface area contributed by atoms with Gasteiger partial charge >= 0.3 is 6.09 Å². The Morgan fingerprint density at radius 3 is 2.54 bits per heavy atom. The van der Waals surface area contributed by atoms with Crippen molar-refractivity contribution in [3.63, 3.8) is 0 Å². The second-order valence-corrected chi connectivity index (χ2v) is 8.18. The lowest BCUT2D eigenvalue weighted by molar-refractivity contribution is -0.128. The van der Waals surface area contributed by atoms with E-state index >= 15 is 0 Å². The number of alkyl carbamates (subject to hydrolysis) is 1. The molecule has 1 N–H and O–H groups in total. The van der Waals surface area contributed by atoms with Crippen LogP contribution < -0.4 is 5.32 Å². The summed E-state index contributed by atoms with van der Waals surface area (Å²) in [6, 6.07) is 0.227. The van der Waals surface area contributed by atoms with Gasteiger partial charge in [-0.3, -0.25) is 4.79 Å². The van der Waals surface area contributed by atoms with Crippen LogP contribution in [0.15, 0.2) is 0 Å². The fourth-order valence-corrected chi connectivity index (χ4v) is 3.68. The molecule has 0 radical (unpaired) electrons. The van der Waals surface area contributed by atoms with Crippen LogP contribution in [0.25, 0.3) is 0 Å². The molecule has 2 rings (SSSR count). The Morgan fingerprint density at radius 2 is 1.88 bits per heavy atom. The number of rotatable bonds is 3. The minimum Gasteiger partial charge on any atom is -0.444 e. The Balaban J connectivity index is 1.72. The van der Waals surface area contributed by atoms with Crippen LogP contribution in [-0.2, 0) is 9.53 Å². The van der Waals surface area contributed by atoms with Gasteiger partial charge in [-0.25, -0.2) is 4.79 Å². The van der Waals surface area contributed by atoms with Crippen molar-refractivity contribution in [1.29, 1.82) is 0 Å². The molecule has 6 heteroatoms. The Morgan fingerprint density at radius 1 is 1.12 bits per heavy atom. The van der Waals surface area contributed by atoms with Crippen molar-refractivity contribution < 1.29 is 14.3 Å². The third-order valence-corrected chi connectivity index (χ3v) is 4.81. The summed E-state index contributed by atoms with van der Waals surface area (Å²) in [7, 11) is 0. The number of nitrogens with one attached hydrogen (secondary N) is 1. The van der Waals surface area contributed by atoms with Crippen LogP contribution in [0.2, 0.25) is 0 Å². The van der Waals surface area contributed by atoms with E-state index < -0.39 is 5.60 Å². The molecule has 2 aliphatic rings. The van der Waals surface area contributed by atoms with E-state index in [2.05, 4.69) is 10.2 Å². The molecule has 0 bridgehead atoms. The molecular weight excluding hydrogens is 306 g/mol. The van der Waals surface area contributed by atoms with Gasteiger partial charge in [0.1, 0.15) is 5.60 Å². The van der Waals surface area contributed by atoms with Gasteiger partial charge in [0, 0.05) is 39.1 Å². The Labute approximate surface area is 145 Å². The first-order valence-corrected chi connectivity index (χ1v) is 9.20. The molecule has 1 aliphatic carbocycles. The maximum atomic E-state index is 11.9. The summed E-state index contributed by atoms with van der Waals surface area (Å²) < 4.78 is 5.34. The molecule has 2 amide bonds. The van der Waals surface area contributed by atoms with Crippen LogP contribution >= 0.6 is 0 Å². The van der Waals surface area contributed by atoms with Gasteiger partial charge in [-0.15, -0.1) is 0 Å². The minimum absolute atomic E-state index is 0.180. The van der Waals surface area contributed by atoms with Gasteiger partial charge in [-0.05, 0) is 58.9 Å². The van der Waals surface area contributed by atoms with Crippen molar-refractivity contribution in [2.45, 2.75) is 65.0 Å². The summed E-state index contributed by atoms with van der Waals surface area (Å²) >= 11 is 0. The molecule has 0 aromatic carbocycles. The molecule has 0 aromatic rings. The van der Waals surface area contributed by atoms with Crippen molar-refractivity contribution in [2.75, 3.05) is 32.7 Å². The first kappa shape index (κ1) is 19.0. The first-order valence-electron chi connectivity index (χ1n) is 9.20. The van der Waals surface area contributed by atoms with E-state index in [0.717, 1.165) is 58.4 Å². The van der Waals surface area contributed by atoms with Crippen LogP contribution in [0.3, 0.4) is 0 Å². The van der Waals surface area contributed by atoms with E-state index in [4.69, 9.17) is 4.74 Å². The number of hydrogen-bond acceptors (Lipinski definition) is 4. The zero-order valence-electron chi connectivity index (χ0n) is 15.6. The average Bonchev–Trinajstić information content (AvgIpc) is 2.73. The van der Waals surface area contributed by atoms with Crippen LogP contribution in [0.5, 0.6) is 0 Å². The fraction of sp³-hybridized carbons (Fsp3) is 0.889. The van der Waals surface area contributed by atoms with Gasteiger partial charge in [0.2, 0.25) is 5.91 Å². The smallest absolute Gasteiger partial charge is 0.407 e. The Kier molecular flexibility index (Phi) is 6.49. The molecule has 1 heterocycles. The zero-order chi connectivity index (χ0) is 17.7. The SMILES string of the molecule is CC(=O)N1CCCN(C[C@@H]2CC[C@H](NC(=O)OC(C)(C)C)C2)CC1. The van der Waals surface area contributed by atoms with E-state index in [-0.39, 0.29) is 18.0 Å². The van der Waals surface area contributed by atoms with Crippen molar-refractivity contribution >= 4 is 12.0 Å². The van der Waals surface area contributed by atoms with Gasteiger partial charge in [-0.1, -0.05) is 0 Å². The standard InChI is InChI=1S/C18H33N3O3/c1-14(22)21-9-5-8-20(10-11-21)13-15-6-7-16(12-15)19-17(23)24-18(2,3)4/h15-16H,5-13H2,1-4H3,(H,19,23)/t15-,16+/m1/s1. The summed E-state index contributed by atoms with van der Waals surface area (Å²) in [6.07, 6.45) is 3.93. The average molecular weight is 339 g/mol. The highest BCUT2D eigenvalue weighted by molar-refractivity contribution is 5.73. The summed E-state index contributed by atoms with van der Waals surface area (Å²) in [5.41, 5.74) is -0.448.